The minimum Gasteiger partial charge on any atom is -0.393 e. The Morgan fingerprint density at radius 3 is 2.47 bits per heavy atom. The van der Waals surface area contributed by atoms with E-state index in [9.17, 15) is 5.11 Å². The van der Waals surface area contributed by atoms with Crippen LogP contribution in [0.4, 0.5) is 0 Å². The minimum absolute atomic E-state index is 0.0449. The topological polar surface area (TPSA) is 20.2 Å². The monoisotopic (exact) mass is 412 g/mol. The van der Waals surface area contributed by atoms with E-state index in [4.69, 9.17) is 0 Å². The zero-order valence-electron chi connectivity index (χ0n) is 20.7. The van der Waals surface area contributed by atoms with Gasteiger partial charge in [0.1, 0.15) is 0 Å². The highest BCUT2D eigenvalue weighted by molar-refractivity contribution is 5.27. The molecular weight excluding hydrogens is 364 g/mol. The van der Waals surface area contributed by atoms with Crippen LogP contribution in [0, 0.1) is 46.3 Å². The second kappa shape index (κ2) is 8.42. The second-order valence-corrected chi connectivity index (χ2v) is 12.4. The Balaban J connectivity index is 1.50. The van der Waals surface area contributed by atoms with Gasteiger partial charge in [-0.15, -0.1) is 0 Å². The van der Waals surface area contributed by atoms with E-state index in [1.54, 1.807) is 5.57 Å². The number of aliphatic hydroxyl groups is 1. The summed E-state index contributed by atoms with van der Waals surface area (Å²) in [6.07, 6.45) is 17.9. The SMILES string of the molecule is C/C=C(/CC[C@@H](C)[C@@H]1CC[C@H]2C3=CC[C@H]4C[C@H](O)CC[C@@]4(C)[C@@H]3CC[C@]21C)C(C)C. The van der Waals surface area contributed by atoms with Gasteiger partial charge < -0.3 is 5.11 Å². The van der Waals surface area contributed by atoms with Crippen LogP contribution in [0.1, 0.15) is 106 Å². The molecule has 1 N–H and O–H groups in total. The standard InChI is InChI=1S/C29H48O/c1-7-21(19(2)3)9-8-20(4)25-12-13-26-24-11-10-22-18-23(30)14-16-28(22,5)27(24)15-17-29(25,26)6/h7,11,19-20,22-23,25-27,30H,8-10,12-18H2,1-6H3/b21-7-/t20-,22+,23-,25+,26+,27-,28-,29+/m1/s1. The fourth-order valence-electron chi connectivity index (χ4n) is 8.83. The highest BCUT2D eigenvalue weighted by Gasteiger charge is 2.58. The normalized spacial score (nSPS) is 44.9. The lowest BCUT2D eigenvalue weighted by molar-refractivity contribution is -0.0427. The van der Waals surface area contributed by atoms with Crippen molar-refractivity contribution < 1.29 is 5.11 Å². The van der Waals surface area contributed by atoms with Crippen molar-refractivity contribution in [1.82, 2.24) is 0 Å². The van der Waals surface area contributed by atoms with Gasteiger partial charge in [-0.1, -0.05) is 57.9 Å². The maximum atomic E-state index is 10.3. The smallest absolute Gasteiger partial charge is 0.0543 e. The van der Waals surface area contributed by atoms with Crippen LogP contribution in [-0.4, -0.2) is 11.2 Å². The summed E-state index contributed by atoms with van der Waals surface area (Å²) in [7, 11) is 0. The molecule has 3 saturated carbocycles. The zero-order chi connectivity index (χ0) is 21.7. The predicted octanol–water partition coefficient (Wildman–Crippen LogP) is 7.94. The molecule has 4 aliphatic carbocycles. The number of fused-ring (bicyclic) bond motifs is 5. The van der Waals surface area contributed by atoms with E-state index in [1.807, 2.05) is 5.57 Å². The number of hydrogen-bond donors (Lipinski definition) is 1. The molecule has 8 atom stereocenters. The average molecular weight is 413 g/mol. The van der Waals surface area contributed by atoms with Crippen LogP contribution < -0.4 is 0 Å². The molecular formula is C29H48O. The van der Waals surface area contributed by atoms with Gasteiger partial charge in [0.15, 0.2) is 0 Å². The van der Waals surface area contributed by atoms with E-state index in [-0.39, 0.29) is 6.10 Å². The Labute approximate surface area is 186 Å². The van der Waals surface area contributed by atoms with Crippen molar-refractivity contribution in [3.8, 4) is 0 Å². The van der Waals surface area contributed by atoms with Gasteiger partial charge in [-0.25, -0.2) is 0 Å². The molecule has 0 aliphatic heterocycles. The van der Waals surface area contributed by atoms with Gasteiger partial charge in [0.2, 0.25) is 0 Å². The molecule has 0 amide bonds. The summed E-state index contributed by atoms with van der Waals surface area (Å²) < 4.78 is 0. The average Bonchev–Trinajstić information content (AvgIpc) is 3.06. The van der Waals surface area contributed by atoms with Crippen molar-refractivity contribution >= 4 is 0 Å². The summed E-state index contributed by atoms with van der Waals surface area (Å²) in [6, 6.07) is 0. The third-order valence-corrected chi connectivity index (χ3v) is 10.8. The Morgan fingerprint density at radius 1 is 1.07 bits per heavy atom. The third-order valence-electron chi connectivity index (χ3n) is 10.8. The van der Waals surface area contributed by atoms with Gasteiger partial charge in [0.05, 0.1) is 6.10 Å². The van der Waals surface area contributed by atoms with E-state index in [2.05, 4.69) is 53.7 Å². The van der Waals surface area contributed by atoms with Gasteiger partial charge >= 0.3 is 0 Å². The number of allylic oxidation sites excluding steroid dienone is 4. The van der Waals surface area contributed by atoms with Gasteiger partial charge in [-0.2, -0.15) is 0 Å². The summed E-state index contributed by atoms with van der Waals surface area (Å²) >= 11 is 0. The summed E-state index contributed by atoms with van der Waals surface area (Å²) in [5, 5.41) is 10.3. The summed E-state index contributed by atoms with van der Waals surface area (Å²) in [6.45, 7) is 14.7. The number of aliphatic hydroxyl groups excluding tert-OH is 1. The molecule has 30 heavy (non-hydrogen) atoms. The molecule has 4 aliphatic rings. The van der Waals surface area contributed by atoms with Gasteiger partial charge in [0, 0.05) is 0 Å². The summed E-state index contributed by atoms with van der Waals surface area (Å²) in [5.74, 6) is 4.77. The highest BCUT2D eigenvalue weighted by Crippen LogP contribution is 2.67. The molecule has 0 spiro atoms. The molecule has 3 fully saturated rings. The molecule has 0 unspecified atom stereocenters. The second-order valence-electron chi connectivity index (χ2n) is 12.4. The zero-order valence-corrected chi connectivity index (χ0v) is 20.7. The molecule has 0 aromatic carbocycles. The van der Waals surface area contributed by atoms with E-state index >= 15 is 0 Å². The lowest BCUT2D eigenvalue weighted by atomic mass is 9.47. The van der Waals surface area contributed by atoms with Crippen LogP contribution in [0.2, 0.25) is 0 Å². The molecule has 0 bridgehead atoms. The number of rotatable bonds is 5. The molecule has 1 nitrogen and oxygen atoms in total. The number of hydrogen-bond acceptors (Lipinski definition) is 1. The summed E-state index contributed by atoms with van der Waals surface area (Å²) in [5.41, 5.74) is 4.49. The van der Waals surface area contributed by atoms with Crippen molar-refractivity contribution in [3.05, 3.63) is 23.3 Å². The van der Waals surface area contributed by atoms with Gasteiger partial charge in [0.25, 0.3) is 0 Å². The first-order chi connectivity index (χ1) is 14.2. The quantitative estimate of drug-likeness (QED) is 0.454. The molecule has 0 heterocycles. The Kier molecular flexibility index (Phi) is 6.35. The van der Waals surface area contributed by atoms with E-state index in [0.29, 0.717) is 22.7 Å². The van der Waals surface area contributed by atoms with Crippen LogP contribution in [0.3, 0.4) is 0 Å². The van der Waals surface area contributed by atoms with Crippen LogP contribution in [0.15, 0.2) is 23.3 Å². The molecule has 170 valence electrons. The van der Waals surface area contributed by atoms with E-state index in [0.717, 1.165) is 36.5 Å². The van der Waals surface area contributed by atoms with Crippen LogP contribution in [0.25, 0.3) is 0 Å². The fraction of sp³-hybridized carbons (Fsp3) is 0.862. The maximum Gasteiger partial charge on any atom is 0.0543 e. The minimum atomic E-state index is -0.0449. The molecule has 0 radical (unpaired) electrons. The lowest BCUT2D eigenvalue weighted by Crippen LogP contribution is -2.49. The molecule has 4 rings (SSSR count). The predicted molar refractivity (Wildman–Crippen MR) is 128 cm³/mol. The van der Waals surface area contributed by atoms with Crippen LogP contribution >= 0.6 is 0 Å². The van der Waals surface area contributed by atoms with E-state index in [1.165, 1.54) is 51.4 Å². The van der Waals surface area contributed by atoms with Gasteiger partial charge in [-0.05, 0) is 117 Å². The largest absolute Gasteiger partial charge is 0.393 e. The Morgan fingerprint density at radius 2 is 1.77 bits per heavy atom. The fourth-order valence-corrected chi connectivity index (χ4v) is 8.83. The third kappa shape index (κ3) is 3.66. The Bertz CT molecular complexity index is 686. The van der Waals surface area contributed by atoms with E-state index < -0.39 is 0 Å². The van der Waals surface area contributed by atoms with Crippen molar-refractivity contribution in [2.45, 2.75) is 112 Å². The Hall–Kier alpha value is -0.560. The first-order valence-corrected chi connectivity index (χ1v) is 13.2. The maximum absolute atomic E-state index is 10.3. The molecule has 0 aromatic heterocycles. The van der Waals surface area contributed by atoms with Crippen LogP contribution in [-0.2, 0) is 0 Å². The van der Waals surface area contributed by atoms with Crippen molar-refractivity contribution in [3.63, 3.8) is 0 Å². The lowest BCUT2D eigenvalue weighted by Gasteiger charge is -2.57. The van der Waals surface area contributed by atoms with Crippen molar-refractivity contribution in [2.24, 2.45) is 46.3 Å². The molecule has 0 saturated heterocycles. The first kappa shape index (κ1) is 22.6. The van der Waals surface area contributed by atoms with Gasteiger partial charge in [-0.3, -0.25) is 0 Å². The van der Waals surface area contributed by atoms with Crippen LogP contribution in [0.5, 0.6) is 0 Å². The molecule has 1 heteroatoms. The molecule has 0 aromatic rings. The first-order valence-electron chi connectivity index (χ1n) is 13.2. The summed E-state index contributed by atoms with van der Waals surface area (Å²) in [4.78, 5) is 0. The highest BCUT2D eigenvalue weighted by atomic mass is 16.3. The van der Waals surface area contributed by atoms with Crippen molar-refractivity contribution in [1.29, 1.82) is 0 Å². The van der Waals surface area contributed by atoms with Crippen molar-refractivity contribution in [2.75, 3.05) is 0 Å².